The first-order chi connectivity index (χ1) is 11.2. The third-order valence-electron chi connectivity index (χ3n) is 4.27. The number of amides is 1. The molecule has 118 valence electrons. The molecule has 6 nitrogen and oxygen atoms in total. The van der Waals surface area contributed by atoms with Crippen LogP contribution in [0.1, 0.15) is 30.4 Å². The minimum absolute atomic E-state index is 0.0747. The van der Waals surface area contributed by atoms with Crippen molar-refractivity contribution in [2.45, 2.75) is 19.8 Å². The Morgan fingerprint density at radius 3 is 2.65 bits per heavy atom. The number of nitrogens with zero attached hydrogens (tertiary/aromatic N) is 5. The van der Waals surface area contributed by atoms with Crippen molar-refractivity contribution in [2.75, 3.05) is 13.1 Å². The van der Waals surface area contributed by atoms with Crippen LogP contribution in [0.2, 0.25) is 0 Å². The molecule has 23 heavy (non-hydrogen) atoms. The van der Waals surface area contributed by atoms with E-state index in [0.29, 0.717) is 16.7 Å². The summed E-state index contributed by atoms with van der Waals surface area (Å²) in [5.74, 6) is 0.920. The Labute approximate surface area is 137 Å². The molecule has 1 aliphatic rings. The number of rotatable bonds is 2. The number of likely N-dealkylation sites (tertiary alicyclic amines) is 1. The van der Waals surface area contributed by atoms with Crippen LogP contribution in [0.5, 0.6) is 0 Å². The molecular formula is C16H17N5OS. The molecule has 7 heteroatoms. The first-order valence-electron chi connectivity index (χ1n) is 7.79. The summed E-state index contributed by atoms with van der Waals surface area (Å²) in [7, 11) is 0. The fourth-order valence-electron chi connectivity index (χ4n) is 2.80. The molecule has 0 bridgehead atoms. The summed E-state index contributed by atoms with van der Waals surface area (Å²) in [5.41, 5.74) is 1.02. The number of piperidine rings is 1. The number of carbonyl (C=O) groups is 1. The van der Waals surface area contributed by atoms with Crippen molar-refractivity contribution in [2.24, 2.45) is 5.92 Å². The monoisotopic (exact) mass is 327 g/mol. The third kappa shape index (κ3) is 2.61. The van der Waals surface area contributed by atoms with Crippen molar-refractivity contribution in [1.82, 2.24) is 24.7 Å². The molecule has 2 aromatic heterocycles. The quantitative estimate of drug-likeness (QED) is 0.726. The van der Waals surface area contributed by atoms with E-state index in [1.807, 2.05) is 35.2 Å². The van der Waals surface area contributed by atoms with Gasteiger partial charge in [-0.05, 0) is 18.8 Å². The molecule has 0 N–H and O–H groups in total. The molecule has 1 aliphatic heterocycles. The summed E-state index contributed by atoms with van der Waals surface area (Å²) < 4.78 is 1.58. The summed E-state index contributed by atoms with van der Waals surface area (Å²) in [5, 5.41) is 13.6. The molecule has 1 fully saturated rings. The fraction of sp³-hybridized carbons (Fsp3) is 0.375. The summed E-state index contributed by atoms with van der Waals surface area (Å²) in [6.45, 7) is 3.79. The Hall–Kier alpha value is -2.28. The van der Waals surface area contributed by atoms with Crippen LogP contribution >= 0.6 is 11.3 Å². The Bertz CT molecular complexity index is 833. The van der Waals surface area contributed by atoms with Gasteiger partial charge in [0, 0.05) is 18.7 Å². The Balaban J connectivity index is 1.66. The minimum Gasteiger partial charge on any atom is -0.336 e. The molecule has 4 rings (SSSR count). The summed E-state index contributed by atoms with van der Waals surface area (Å²) >= 11 is 1.44. The van der Waals surface area contributed by atoms with Crippen LogP contribution in [0.4, 0.5) is 0 Å². The van der Waals surface area contributed by atoms with Gasteiger partial charge >= 0.3 is 0 Å². The molecule has 0 atom stereocenters. The van der Waals surface area contributed by atoms with Gasteiger partial charge in [0.25, 0.3) is 5.91 Å². The van der Waals surface area contributed by atoms with Crippen molar-refractivity contribution in [3.05, 3.63) is 36.2 Å². The van der Waals surface area contributed by atoms with E-state index in [-0.39, 0.29) is 5.91 Å². The van der Waals surface area contributed by atoms with Gasteiger partial charge in [0.1, 0.15) is 5.01 Å². The number of aromatic nitrogens is 4. The maximum absolute atomic E-state index is 12.7. The fourth-order valence-corrected chi connectivity index (χ4v) is 3.65. The average molecular weight is 327 g/mol. The van der Waals surface area contributed by atoms with Gasteiger partial charge in [0.05, 0.1) is 0 Å². The zero-order chi connectivity index (χ0) is 15.8. The van der Waals surface area contributed by atoms with Crippen LogP contribution in [0, 0.1) is 5.92 Å². The van der Waals surface area contributed by atoms with E-state index in [1.54, 1.807) is 4.52 Å². The normalized spacial score (nSPS) is 16.1. The van der Waals surface area contributed by atoms with Gasteiger partial charge in [0.15, 0.2) is 0 Å². The maximum atomic E-state index is 12.7. The van der Waals surface area contributed by atoms with Gasteiger partial charge in [-0.25, -0.2) is 0 Å². The zero-order valence-corrected chi connectivity index (χ0v) is 13.7. The lowest BCUT2D eigenvalue weighted by Gasteiger charge is -2.29. The van der Waals surface area contributed by atoms with Gasteiger partial charge in [0.2, 0.25) is 10.8 Å². The second-order valence-corrected chi connectivity index (χ2v) is 6.92. The second-order valence-electron chi connectivity index (χ2n) is 5.97. The summed E-state index contributed by atoms with van der Waals surface area (Å²) in [6, 6.07) is 9.91. The highest BCUT2D eigenvalue weighted by molar-refractivity contribution is 7.19. The molecule has 0 radical (unpaired) electrons. The van der Waals surface area contributed by atoms with E-state index >= 15 is 0 Å². The van der Waals surface area contributed by atoms with Crippen LogP contribution < -0.4 is 0 Å². The first-order valence-corrected chi connectivity index (χ1v) is 8.61. The van der Waals surface area contributed by atoms with Crippen molar-refractivity contribution in [1.29, 1.82) is 0 Å². The highest BCUT2D eigenvalue weighted by Gasteiger charge is 2.26. The van der Waals surface area contributed by atoms with Gasteiger partial charge in [-0.15, -0.1) is 10.2 Å². The highest BCUT2D eigenvalue weighted by Crippen LogP contribution is 2.25. The number of hydrogen-bond acceptors (Lipinski definition) is 5. The Morgan fingerprint density at radius 1 is 1.17 bits per heavy atom. The van der Waals surface area contributed by atoms with Crippen LogP contribution in [0.15, 0.2) is 30.3 Å². The lowest BCUT2D eigenvalue weighted by Crippen LogP contribution is -2.38. The van der Waals surface area contributed by atoms with E-state index in [0.717, 1.165) is 36.5 Å². The second kappa shape index (κ2) is 5.73. The van der Waals surface area contributed by atoms with Crippen molar-refractivity contribution in [3.8, 4) is 10.6 Å². The topological polar surface area (TPSA) is 63.4 Å². The van der Waals surface area contributed by atoms with Crippen LogP contribution in [0.3, 0.4) is 0 Å². The number of hydrogen-bond donors (Lipinski definition) is 0. The predicted octanol–water partition coefficient (Wildman–Crippen LogP) is 2.72. The standard InChI is InChI=1S/C16H17N5OS/c1-11-7-9-20(10-8-11)15(22)13-17-18-16-21(13)19-14(23-16)12-5-3-2-4-6-12/h2-6,11H,7-10H2,1H3. The first kappa shape index (κ1) is 14.3. The molecule has 0 unspecified atom stereocenters. The van der Waals surface area contributed by atoms with Gasteiger partial charge in [-0.3, -0.25) is 4.79 Å². The number of fused-ring (bicyclic) bond motifs is 1. The highest BCUT2D eigenvalue weighted by atomic mass is 32.1. The molecule has 1 saturated heterocycles. The van der Waals surface area contributed by atoms with E-state index < -0.39 is 0 Å². The Morgan fingerprint density at radius 2 is 1.91 bits per heavy atom. The van der Waals surface area contributed by atoms with E-state index in [1.165, 1.54) is 11.3 Å². The van der Waals surface area contributed by atoms with Crippen LogP contribution in [-0.4, -0.2) is 43.7 Å². The van der Waals surface area contributed by atoms with E-state index in [2.05, 4.69) is 22.2 Å². The number of carbonyl (C=O) groups excluding carboxylic acids is 1. The van der Waals surface area contributed by atoms with Crippen LogP contribution in [0.25, 0.3) is 15.5 Å². The lowest BCUT2D eigenvalue weighted by atomic mass is 9.99. The average Bonchev–Trinajstić information content (AvgIpc) is 3.16. The summed E-state index contributed by atoms with van der Waals surface area (Å²) in [6.07, 6.45) is 2.08. The SMILES string of the molecule is CC1CCN(C(=O)c2nnc3sc(-c4ccccc4)nn23)CC1. The Kier molecular flexibility index (Phi) is 3.57. The molecule has 1 amide bonds. The van der Waals surface area contributed by atoms with E-state index in [9.17, 15) is 4.79 Å². The minimum atomic E-state index is -0.0747. The number of benzene rings is 1. The molecule has 3 aromatic rings. The molecule has 1 aromatic carbocycles. The van der Waals surface area contributed by atoms with Crippen molar-refractivity contribution < 1.29 is 4.79 Å². The maximum Gasteiger partial charge on any atom is 0.293 e. The lowest BCUT2D eigenvalue weighted by molar-refractivity contribution is 0.0682. The predicted molar refractivity (Wildman–Crippen MR) is 88.4 cm³/mol. The van der Waals surface area contributed by atoms with Crippen molar-refractivity contribution in [3.63, 3.8) is 0 Å². The molecule has 0 spiro atoms. The smallest absolute Gasteiger partial charge is 0.293 e. The van der Waals surface area contributed by atoms with Gasteiger partial charge < -0.3 is 4.90 Å². The largest absolute Gasteiger partial charge is 0.336 e. The van der Waals surface area contributed by atoms with E-state index in [4.69, 9.17) is 0 Å². The molecule has 0 saturated carbocycles. The summed E-state index contributed by atoms with van der Waals surface area (Å²) in [4.78, 5) is 15.2. The third-order valence-corrected chi connectivity index (χ3v) is 5.22. The zero-order valence-electron chi connectivity index (χ0n) is 12.8. The van der Waals surface area contributed by atoms with Crippen LogP contribution in [-0.2, 0) is 0 Å². The molecule has 0 aliphatic carbocycles. The van der Waals surface area contributed by atoms with Crippen molar-refractivity contribution >= 4 is 22.2 Å². The molecular weight excluding hydrogens is 310 g/mol. The molecule has 3 heterocycles. The van der Waals surface area contributed by atoms with Gasteiger partial charge in [-0.2, -0.15) is 9.61 Å². The van der Waals surface area contributed by atoms with Gasteiger partial charge in [-0.1, -0.05) is 48.6 Å².